The van der Waals surface area contributed by atoms with Crippen molar-refractivity contribution in [3.05, 3.63) is 36.4 Å². The minimum Gasteiger partial charge on any atom is -0.486 e. The van der Waals surface area contributed by atoms with Crippen molar-refractivity contribution in [2.75, 3.05) is 18.5 Å². The number of nitrogens with zero attached hydrogens (tertiary/aromatic N) is 5. The second kappa shape index (κ2) is 4.89. The van der Waals surface area contributed by atoms with Crippen LogP contribution in [0.4, 0.5) is 5.82 Å². The van der Waals surface area contributed by atoms with Gasteiger partial charge in [0, 0.05) is 0 Å². The SMILES string of the molecule is c1ccc2c(c1)OC[C@H](CNc1ccc3nnnn3n1)O2. The molecule has 21 heavy (non-hydrogen) atoms. The van der Waals surface area contributed by atoms with Crippen LogP contribution < -0.4 is 14.8 Å². The fourth-order valence-electron chi connectivity index (χ4n) is 2.13. The molecule has 2 aromatic heterocycles. The summed E-state index contributed by atoms with van der Waals surface area (Å²) in [5.41, 5.74) is 0.603. The minimum absolute atomic E-state index is 0.0775. The van der Waals surface area contributed by atoms with Gasteiger partial charge < -0.3 is 14.8 Å². The summed E-state index contributed by atoms with van der Waals surface area (Å²) in [6.07, 6.45) is -0.0775. The summed E-state index contributed by atoms with van der Waals surface area (Å²) in [7, 11) is 0. The Hall–Kier alpha value is -2.90. The van der Waals surface area contributed by atoms with E-state index in [1.54, 1.807) is 6.07 Å². The van der Waals surface area contributed by atoms with E-state index in [-0.39, 0.29) is 6.10 Å². The zero-order chi connectivity index (χ0) is 14.1. The number of ether oxygens (including phenoxy) is 2. The van der Waals surface area contributed by atoms with Gasteiger partial charge in [0.2, 0.25) is 0 Å². The summed E-state index contributed by atoms with van der Waals surface area (Å²) in [5, 5.41) is 18.5. The highest BCUT2D eigenvalue weighted by Gasteiger charge is 2.20. The molecule has 0 spiro atoms. The molecule has 0 saturated carbocycles. The first-order chi connectivity index (χ1) is 10.4. The number of hydrogen-bond acceptors (Lipinski definition) is 7. The monoisotopic (exact) mass is 284 g/mol. The van der Waals surface area contributed by atoms with Gasteiger partial charge >= 0.3 is 0 Å². The van der Waals surface area contributed by atoms with E-state index in [2.05, 4.69) is 25.9 Å². The molecular weight excluding hydrogens is 272 g/mol. The first kappa shape index (κ1) is 11.9. The van der Waals surface area contributed by atoms with E-state index in [0.29, 0.717) is 24.6 Å². The van der Waals surface area contributed by atoms with E-state index >= 15 is 0 Å². The standard InChI is InChI=1S/C13H12N6O2/c1-2-4-11-10(3-1)20-8-9(21-11)7-14-12-5-6-13-15-17-18-19(13)16-12/h1-6,9H,7-8H2,(H,14,16)/t9-/m0/s1. The third-order valence-corrected chi connectivity index (χ3v) is 3.15. The van der Waals surface area contributed by atoms with Gasteiger partial charge in [-0.15, -0.1) is 14.8 Å². The average Bonchev–Trinajstić information content (AvgIpc) is 3.00. The summed E-state index contributed by atoms with van der Waals surface area (Å²) in [6.45, 7) is 1.08. The molecule has 4 rings (SSSR count). The van der Waals surface area contributed by atoms with E-state index in [0.717, 1.165) is 11.5 Å². The van der Waals surface area contributed by atoms with Crippen LogP contribution in [0.15, 0.2) is 36.4 Å². The van der Waals surface area contributed by atoms with Gasteiger partial charge in [0.15, 0.2) is 17.1 Å². The van der Waals surface area contributed by atoms with Crippen LogP contribution in [0, 0.1) is 0 Å². The van der Waals surface area contributed by atoms with Gasteiger partial charge in [0.05, 0.1) is 6.54 Å². The van der Waals surface area contributed by atoms with Crippen LogP contribution in [-0.2, 0) is 0 Å². The van der Waals surface area contributed by atoms with E-state index in [1.165, 1.54) is 4.63 Å². The summed E-state index contributed by atoms with van der Waals surface area (Å²) >= 11 is 0. The Labute approximate surface area is 119 Å². The summed E-state index contributed by atoms with van der Waals surface area (Å²) < 4.78 is 12.9. The summed E-state index contributed by atoms with van der Waals surface area (Å²) in [5.74, 6) is 2.22. The Morgan fingerprint density at radius 1 is 1.19 bits per heavy atom. The van der Waals surface area contributed by atoms with Crippen LogP contribution >= 0.6 is 0 Å². The fourth-order valence-corrected chi connectivity index (χ4v) is 2.13. The van der Waals surface area contributed by atoms with Crippen molar-refractivity contribution in [2.45, 2.75) is 6.10 Å². The Morgan fingerprint density at radius 3 is 3.05 bits per heavy atom. The highest BCUT2D eigenvalue weighted by molar-refractivity contribution is 5.43. The second-order valence-corrected chi connectivity index (χ2v) is 4.62. The van der Waals surface area contributed by atoms with Gasteiger partial charge in [-0.1, -0.05) is 12.1 Å². The molecule has 1 aliphatic rings. The van der Waals surface area contributed by atoms with Crippen molar-refractivity contribution in [3.63, 3.8) is 0 Å². The molecule has 3 heterocycles. The third-order valence-electron chi connectivity index (χ3n) is 3.15. The van der Waals surface area contributed by atoms with Gasteiger partial charge in [-0.25, -0.2) is 0 Å². The maximum absolute atomic E-state index is 5.86. The van der Waals surface area contributed by atoms with Crippen molar-refractivity contribution < 1.29 is 9.47 Å². The summed E-state index contributed by atoms with van der Waals surface area (Å²) in [4.78, 5) is 0. The smallest absolute Gasteiger partial charge is 0.200 e. The fraction of sp³-hybridized carbons (Fsp3) is 0.231. The predicted molar refractivity (Wildman–Crippen MR) is 73.4 cm³/mol. The molecule has 0 unspecified atom stereocenters. The van der Waals surface area contributed by atoms with E-state index in [4.69, 9.17) is 9.47 Å². The minimum atomic E-state index is -0.0775. The normalized spacial score (nSPS) is 16.9. The van der Waals surface area contributed by atoms with Crippen LogP contribution in [0.5, 0.6) is 11.5 Å². The van der Waals surface area contributed by atoms with Gasteiger partial charge in [-0.05, 0) is 34.7 Å². The Morgan fingerprint density at radius 2 is 2.10 bits per heavy atom. The molecule has 1 N–H and O–H groups in total. The number of anilines is 1. The molecular formula is C13H12N6O2. The largest absolute Gasteiger partial charge is 0.486 e. The molecule has 106 valence electrons. The molecule has 0 saturated heterocycles. The number of rotatable bonds is 3. The Kier molecular flexibility index (Phi) is 2.77. The number of fused-ring (bicyclic) bond motifs is 2. The lowest BCUT2D eigenvalue weighted by Crippen LogP contribution is -2.35. The summed E-state index contributed by atoms with van der Waals surface area (Å²) in [6, 6.07) is 11.3. The molecule has 1 aliphatic heterocycles. The quantitative estimate of drug-likeness (QED) is 0.760. The molecule has 8 nitrogen and oxygen atoms in total. The number of tetrazole rings is 1. The highest BCUT2D eigenvalue weighted by Crippen LogP contribution is 2.30. The molecule has 1 atom stereocenters. The number of para-hydroxylation sites is 2. The molecule has 3 aromatic rings. The van der Waals surface area contributed by atoms with Gasteiger partial charge in [-0.3, -0.25) is 0 Å². The molecule has 0 amide bonds. The Balaban J connectivity index is 1.43. The van der Waals surface area contributed by atoms with Crippen molar-refractivity contribution in [1.29, 1.82) is 0 Å². The van der Waals surface area contributed by atoms with Crippen molar-refractivity contribution in [2.24, 2.45) is 0 Å². The van der Waals surface area contributed by atoms with Gasteiger partial charge in [-0.2, -0.15) is 0 Å². The van der Waals surface area contributed by atoms with Crippen LogP contribution in [0.3, 0.4) is 0 Å². The first-order valence-electron chi connectivity index (χ1n) is 6.56. The molecule has 0 aliphatic carbocycles. The maximum Gasteiger partial charge on any atom is 0.200 e. The van der Waals surface area contributed by atoms with Crippen LogP contribution in [0.25, 0.3) is 5.65 Å². The zero-order valence-corrected chi connectivity index (χ0v) is 11.0. The number of nitrogens with one attached hydrogen (secondary N) is 1. The molecule has 0 fully saturated rings. The average molecular weight is 284 g/mol. The van der Waals surface area contributed by atoms with Crippen LogP contribution in [-0.4, -0.2) is 44.5 Å². The van der Waals surface area contributed by atoms with Crippen LogP contribution in [0.1, 0.15) is 0 Å². The highest BCUT2D eigenvalue weighted by atomic mass is 16.6. The Bertz CT molecular complexity index is 774. The van der Waals surface area contributed by atoms with E-state index < -0.39 is 0 Å². The third kappa shape index (κ3) is 2.31. The number of hydrogen-bond donors (Lipinski definition) is 1. The van der Waals surface area contributed by atoms with Crippen LogP contribution in [0.2, 0.25) is 0 Å². The zero-order valence-electron chi connectivity index (χ0n) is 11.0. The predicted octanol–water partition coefficient (Wildman–Crippen LogP) is 0.771. The number of benzene rings is 1. The van der Waals surface area contributed by atoms with Crippen molar-refractivity contribution in [1.82, 2.24) is 25.3 Å². The van der Waals surface area contributed by atoms with Gasteiger partial charge in [0.25, 0.3) is 0 Å². The molecule has 0 bridgehead atoms. The van der Waals surface area contributed by atoms with Crippen molar-refractivity contribution in [3.8, 4) is 11.5 Å². The first-order valence-corrected chi connectivity index (χ1v) is 6.56. The van der Waals surface area contributed by atoms with E-state index in [9.17, 15) is 0 Å². The lowest BCUT2D eigenvalue weighted by atomic mass is 10.2. The molecule has 0 radical (unpaired) electrons. The van der Waals surface area contributed by atoms with Crippen molar-refractivity contribution >= 4 is 11.5 Å². The topological polar surface area (TPSA) is 86.5 Å². The maximum atomic E-state index is 5.86. The van der Waals surface area contributed by atoms with E-state index in [1.807, 2.05) is 30.3 Å². The molecule has 1 aromatic carbocycles. The number of aromatic nitrogens is 5. The lowest BCUT2D eigenvalue weighted by Gasteiger charge is -2.26. The van der Waals surface area contributed by atoms with Gasteiger partial charge in [0.1, 0.15) is 18.5 Å². The lowest BCUT2D eigenvalue weighted by molar-refractivity contribution is 0.0997. The second-order valence-electron chi connectivity index (χ2n) is 4.62. The molecule has 8 heteroatoms.